The number of anilines is 1. The predicted octanol–water partition coefficient (Wildman–Crippen LogP) is 4.28. The minimum Gasteiger partial charge on any atom is -0.453 e. The fourth-order valence-electron chi connectivity index (χ4n) is 3.04. The lowest BCUT2D eigenvalue weighted by Gasteiger charge is -2.21. The number of nitrogens with one attached hydrogen (secondary N) is 1. The van der Waals surface area contributed by atoms with Gasteiger partial charge in [0, 0.05) is 28.9 Å². The smallest absolute Gasteiger partial charge is 0.167 e. The Balaban J connectivity index is 1.69. The molecule has 0 amide bonds. The van der Waals surface area contributed by atoms with Crippen LogP contribution in [0.4, 0.5) is 10.1 Å². The van der Waals surface area contributed by atoms with Crippen LogP contribution in [0.1, 0.15) is 23.6 Å². The highest BCUT2D eigenvalue weighted by Gasteiger charge is 2.19. The van der Waals surface area contributed by atoms with E-state index in [1.165, 1.54) is 10.9 Å². The first-order chi connectivity index (χ1) is 11.7. The summed E-state index contributed by atoms with van der Waals surface area (Å²) in [5.74, 6) is 0.907. The Morgan fingerprint density at radius 2 is 2.00 bits per heavy atom. The summed E-state index contributed by atoms with van der Waals surface area (Å²) in [6.07, 6.45) is 3.97. The summed E-state index contributed by atoms with van der Waals surface area (Å²) in [6.45, 7) is 2.10. The SMILES string of the molecule is Nc1ccc(Oc2ccnc3cc(C4CCNCC4)sc23)c(F)c1. The molecule has 4 nitrogen and oxygen atoms in total. The molecule has 0 aliphatic carbocycles. The quantitative estimate of drug-likeness (QED) is 0.697. The number of halogens is 1. The summed E-state index contributed by atoms with van der Waals surface area (Å²) in [4.78, 5) is 5.76. The largest absolute Gasteiger partial charge is 0.453 e. The first kappa shape index (κ1) is 15.4. The zero-order valence-corrected chi connectivity index (χ0v) is 13.9. The Morgan fingerprint density at radius 3 is 2.79 bits per heavy atom. The van der Waals surface area contributed by atoms with Crippen molar-refractivity contribution in [3.05, 3.63) is 47.2 Å². The Kier molecular flexibility index (Phi) is 4.08. The van der Waals surface area contributed by atoms with Crippen LogP contribution in [0.25, 0.3) is 10.2 Å². The van der Waals surface area contributed by atoms with Gasteiger partial charge in [-0.3, -0.25) is 4.98 Å². The normalized spacial score (nSPS) is 15.7. The second-order valence-corrected chi connectivity index (χ2v) is 7.07. The van der Waals surface area contributed by atoms with E-state index >= 15 is 0 Å². The molecule has 1 fully saturated rings. The number of fused-ring (bicyclic) bond motifs is 1. The Bertz CT molecular complexity index is 874. The van der Waals surface area contributed by atoms with Crippen LogP contribution in [0, 0.1) is 5.82 Å². The van der Waals surface area contributed by atoms with Crippen LogP contribution in [0.2, 0.25) is 0 Å². The summed E-state index contributed by atoms with van der Waals surface area (Å²) in [7, 11) is 0. The third kappa shape index (κ3) is 2.95. The summed E-state index contributed by atoms with van der Waals surface area (Å²) in [6, 6.07) is 8.37. The van der Waals surface area contributed by atoms with Crippen molar-refractivity contribution in [1.29, 1.82) is 0 Å². The van der Waals surface area contributed by atoms with Gasteiger partial charge in [0.05, 0.1) is 10.2 Å². The molecule has 3 N–H and O–H groups in total. The molecule has 0 atom stereocenters. The van der Waals surface area contributed by atoms with E-state index in [2.05, 4.69) is 16.4 Å². The fourth-order valence-corrected chi connectivity index (χ4v) is 4.27. The zero-order chi connectivity index (χ0) is 16.5. The van der Waals surface area contributed by atoms with E-state index in [9.17, 15) is 4.39 Å². The monoisotopic (exact) mass is 343 g/mol. The van der Waals surface area contributed by atoms with E-state index in [0.717, 1.165) is 36.1 Å². The lowest BCUT2D eigenvalue weighted by atomic mass is 9.96. The van der Waals surface area contributed by atoms with Gasteiger partial charge in [-0.15, -0.1) is 11.3 Å². The molecule has 0 bridgehead atoms. The third-order valence-electron chi connectivity index (χ3n) is 4.31. The summed E-state index contributed by atoms with van der Waals surface area (Å²) >= 11 is 1.70. The molecule has 0 spiro atoms. The number of benzene rings is 1. The molecule has 1 aliphatic heterocycles. The van der Waals surface area contributed by atoms with E-state index in [-0.39, 0.29) is 5.75 Å². The van der Waals surface area contributed by atoms with Crippen LogP contribution >= 0.6 is 11.3 Å². The molecule has 1 aromatic carbocycles. The Morgan fingerprint density at radius 1 is 1.17 bits per heavy atom. The van der Waals surface area contributed by atoms with E-state index in [0.29, 0.717) is 17.4 Å². The molecule has 6 heteroatoms. The highest BCUT2D eigenvalue weighted by molar-refractivity contribution is 7.19. The van der Waals surface area contributed by atoms with Gasteiger partial charge in [0.2, 0.25) is 0 Å². The number of hydrogen-bond acceptors (Lipinski definition) is 5. The highest BCUT2D eigenvalue weighted by Crippen LogP contribution is 2.40. The van der Waals surface area contributed by atoms with Crippen molar-refractivity contribution < 1.29 is 9.13 Å². The molecule has 24 heavy (non-hydrogen) atoms. The van der Waals surface area contributed by atoms with Crippen LogP contribution in [0.3, 0.4) is 0 Å². The Hall–Kier alpha value is -2.18. The zero-order valence-electron chi connectivity index (χ0n) is 13.1. The summed E-state index contributed by atoms with van der Waals surface area (Å²) in [5.41, 5.74) is 6.87. The van der Waals surface area contributed by atoms with E-state index in [1.54, 1.807) is 35.7 Å². The molecular formula is C18H18FN3OS. The van der Waals surface area contributed by atoms with Gasteiger partial charge in [0.25, 0.3) is 0 Å². The molecule has 2 aromatic heterocycles. The number of nitrogens with two attached hydrogens (primary N) is 1. The molecule has 3 heterocycles. The lowest BCUT2D eigenvalue weighted by molar-refractivity contribution is 0.447. The molecule has 124 valence electrons. The van der Waals surface area contributed by atoms with Crippen molar-refractivity contribution in [3.8, 4) is 11.5 Å². The van der Waals surface area contributed by atoms with Gasteiger partial charge in [-0.1, -0.05) is 0 Å². The van der Waals surface area contributed by atoms with E-state index < -0.39 is 5.82 Å². The van der Waals surface area contributed by atoms with Crippen LogP contribution in [-0.2, 0) is 0 Å². The van der Waals surface area contributed by atoms with Crippen molar-refractivity contribution in [2.45, 2.75) is 18.8 Å². The maximum Gasteiger partial charge on any atom is 0.167 e. The molecule has 1 aliphatic rings. The molecule has 0 radical (unpaired) electrons. The predicted molar refractivity (Wildman–Crippen MR) is 95.4 cm³/mol. The van der Waals surface area contributed by atoms with E-state index in [4.69, 9.17) is 10.5 Å². The van der Waals surface area contributed by atoms with Crippen LogP contribution < -0.4 is 15.8 Å². The third-order valence-corrected chi connectivity index (χ3v) is 5.61. The number of nitrogens with zero attached hydrogens (tertiary/aromatic N) is 1. The molecule has 1 saturated heterocycles. The minimum atomic E-state index is -0.463. The van der Waals surface area contributed by atoms with Crippen molar-refractivity contribution in [3.63, 3.8) is 0 Å². The number of thiophene rings is 1. The first-order valence-electron chi connectivity index (χ1n) is 8.03. The van der Waals surface area contributed by atoms with Crippen LogP contribution in [0.5, 0.6) is 11.5 Å². The van der Waals surface area contributed by atoms with Gasteiger partial charge in [0.1, 0.15) is 5.75 Å². The summed E-state index contributed by atoms with van der Waals surface area (Å²) in [5, 5.41) is 3.39. The molecule has 3 aromatic rings. The van der Waals surface area contributed by atoms with Gasteiger partial charge in [-0.2, -0.15) is 0 Å². The van der Waals surface area contributed by atoms with Gasteiger partial charge in [0.15, 0.2) is 11.6 Å². The molecule has 0 unspecified atom stereocenters. The van der Waals surface area contributed by atoms with Crippen molar-refractivity contribution in [2.24, 2.45) is 0 Å². The average Bonchev–Trinajstić information content (AvgIpc) is 3.03. The molecular weight excluding hydrogens is 325 g/mol. The van der Waals surface area contributed by atoms with Crippen LogP contribution in [-0.4, -0.2) is 18.1 Å². The van der Waals surface area contributed by atoms with Gasteiger partial charge >= 0.3 is 0 Å². The number of nitrogen functional groups attached to an aromatic ring is 1. The second kappa shape index (κ2) is 6.37. The highest BCUT2D eigenvalue weighted by atomic mass is 32.1. The number of hydrogen-bond donors (Lipinski definition) is 2. The summed E-state index contributed by atoms with van der Waals surface area (Å²) < 4.78 is 20.8. The van der Waals surface area contributed by atoms with Crippen molar-refractivity contribution in [1.82, 2.24) is 10.3 Å². The minimum absolute atomic E-state index is 0.175. The standard InChI is InChI=1S/C18H18FN3OS/c19-13-9-12(20)1-2-15(13)23-16-5-8-22-14-10-17(24-18(14)16)11-3-6-21-7-4-11/h1-2,5,8-11,21H,3-4,6-7,20H2. The van der Waals surface area contributed by atoms with Crippen molar-refractivity contribution in [2.75, 3.05) is 18.8 Å². The van der Waals surface area contributed by atoms with Gasteiger partial charge < -0.3 is 15.8 Å². The maximum atomic E-state index is 14.0. The molecule has 0 saturated carbocycles. The first-order valence-corrected chi connectivity index (χ1v) is 8.84. The topological polar surface area (TPSA) is 60.2 Å². The Labute approximate surface area is 143 Å². The van der Waals surface area contributed by atoms with Crippen molar-refractivity contribution >= 4 is 27.2 Å². The van der Waals surface area contributed by atoms with Crippen LogP contribution in [0.15, 0.2) is 36.5 Å². The lowest BCUT2D eigenvalue weighted by Crippen LogP contribution is -2.26. The van der Waals surface area contributed by atoms with Gasteiger partial charge in [-0.25, -0.2) is 4.39 Å². The number of rotatable bonds is 3. The maximum absolute atomic E-state index is 14.0. The number of aromatic nitrogens is 1. The number of pyridine rings is 1. The fraction of sp³-hybridized carbons (Fsp3) is 0.278. The van der Waals surface area contributed by atoms with Gasteiger partial charge in [-0.05, 0) is 50.0 Å². The average molecular weight is 343 g/mol. The second-order valence-electron chi connectivity index (χ2n) is 5.99. The number of ether oxygens (including phenoxy) is 1. The molecule has 4 rings (SSSR count). The van der Waals surface area contributed by atoms with E-state index in [1.807, 2.05) is 0 Å². The number of piperidine rings is 1.